The molecule has 0 aliphatic heterocycles. The average molecular weight is 371 g/mol. The molecule has 0 aliphatic carbocycles. The molecule has 2 rings (SSSR count). The summed E-state index contributed by atoms with van der Waals surface area (Å²) in [5, 5.41) is 2.56. The molecule has 0 aliphatic rings. The van der Waals surface area contributed by atoms with E-state index < -0.39 is 24.5 Å². The van der Waals surface area contributed by atoms with E-state index in [0.29, 0.717) is 17.0 Å². The van der Waals surface area contributed by atoms with E-state index in [2.05, 4.69) is 10.1 Å². The van der Waals surface area contributed by atoms with Gasteiger partial charge < -0.3 is 19.5 Å². The van der Waals surface area contributed by atoms with Gasteiger partial charge >= 0.3 is 11.9 Å². The number of benzene rings is 2. The first-order valence-electron chi connectivity index (χ1n) is 8.23. The molecule has 142 valence electrons. The van der Waals surface area contributed by atoms with Crippen LogP contribution in [0.3, 0.4) is 0 Å². The van der Waals surface area contributed by atoms with E-state index >= 15 is 0 Å². The molecule has 1 N–H and O–H groups in total. The van der Waals surface area contributed by atoms with Gasteiger partial charge in [-0.3, -0.25) is 4.79 Å². The van der Waals surface area contributed by atoms with Crippen molar-refractivity contribution in [3.8, 4) is 5.75 Å². The first kappa shape index (κ1) is 20.0. The summed E-state index contributed by atoms with van der Waals surface area (Å²) in [6.07, 6.45) is 0. The van der Waals surface area contributed by atoms with Crippen molar-refractivity contribution in [2.75, 3.05) is 25.6 Å². The van der Waals surface area contributed by atoms with E-state index in [1.165, 1.54) is 19.2 Å². The third kappa shape index (κ3) is 5.85. The quantitative estimate of drug-likeness (QED) is 0.753. The van der Waals surface area contributed by atoms with Gasteiger partial charge in [0.25, 0.3) is 5.91 Å². The van der Waals surface area contributed by atoms with E-state index in [0.717, 1.165) is 11.1 Å². The molecule has 0 spiro atoms. The molecule has 1 amide bonds. The lowest BCUT2D eigenvalue weighted by atomic mass is 10.1. The minimum atomic E-state index is -0.646. The van der Waals surface area contributed by atoms with Gasteiger partial charge in [-0.15, -0.1) is 0 Å². The summed E-state index contributed by atoms with van der Waals surface area (Å²) in [5.74, 6) is -1.01. The van der Waals surface area contributed by atoms with Crippen molar-refractivity contribution in [2.24, 2.45) is 0 Å². The average Bonchev–Trinajstić information content (AvgIpc) is 2.67. The van der Waals surface area contributed by atoms with E-state index in [1.807, 2.05) is 26.0 Å². The minimum Gasteiger partial charge on any atom is -0.482 e. The first-order chi connectivity index (χ1) is 12.9. The fourth-order valence-corrected chi connectivity index (χ4v) is 2.21. The summed E-state index contributed by atoms with van der Waals surface area (Å²) in [6, 6.07) is 11.7. The molecule has 0 aromatic heterocycles. The van der Waals surface area contributed by atoms with E-state index in [-0.39, 0.29) is 6.61 Å². The summed E-state index contributed by atoms with van der Waals surface area (Å²) in [4.78, 5) is 34.9. The topological polar surface area (TPSA) is 90.9 Å². The Morgan fingerprint density at radius 1 is 0.963 bits per heavy atom. The molecule has 0 unspecified atom stereocenters. The van der Waals surface area contributed by atoms with Gasteiger partial charge in [-0.2, -0.15) is 0 Å². The summed E-state index contributed by atoms with van der Waals surface area (Å²) in [6.45, 7) is 3.12. The molecule has 2 aromatic carbocycles. The molecule has 0 fully saturated rings. The Hall–Kier alpha value is -3.35. The number of ether oxygens (including phenoxy) is 3. The molecule has 0 heterocycles. The van der Waals surface area contributed by atoms with Crippen LogP contribution in [0.1, 0.15) is 21.5 Å². The second kappa shape index (κ2) is 9.38. The van der Waals surface area contributed by atoms with Gasteiger partial charge in [0.2, 0.25) is 0 Å². The molecular formula is C20H21NO6. The molecule has 0 bridgehead atoms. The zero-order valence-electron chi connectivity index (χ0n) is 15.4. The zero-order chi connectivity index (χ0) is 19.8. The number of hydrogen-bond donors (Lipinski definition) is 1. The Balaban J connectivity index is 1.77. The smallest absolute Gasteiger partial charge is 0.344 e. The standard InChI is InChI=1S/C20H21NO6/c1-13-5-4-6-17(14(13)2)26-12-19(23)27-11-18(22)21-16-9-7-15(8-10-16)20(24)25-3/h4-10H,11-12H2,1-3H3,(H,21,22). The monoisotopic (exact) mass is 371 g/mol. The molecule has 0 saturated heterocycles. The Labute approximate surface area is 157 Å². The number of rotatable bonds is 7. The maximum absolute atomic E-state index is 11.8. The highest BCUT2D eigenvalue weighted by Crippen LogP contribution is 2.20. The second-order valence-electron chi connectivity index (χ2n) is 5.76. The van der Waals surface area contributed by atoms with Crippen LogP contribution < -0.4 is 10.1 Å². The van der Waals surface area contributed by atoms with Gasteiger partial charge in [-0.25, -0.2) is 9.59 Å². The molecule has 27 heavy (non-hydrogen) atoms. The van der Waals surface area contributed by atoms with Crippen LogP contribution >= 0.6 is 0 Å². The van der Waals surface area contributed by atoms with Gasteiger partial charge in [-0.1, -0.05) is 12.1 Å². The Morgan fingerprint density at radius 2 is 1.67 bits per heavy atom. The number of nitrogens with one attached hydrogen (secondary N) is 1. The Kier molecular flexibility index (Phi) is 6.93. The van der Waals surface area contributed by atoms with Crippen LogP contribution in [0.5, 0.6) is 5.75 Å². The van der Waals surface area contributed by atoms with Crippen molar-refractivity contribution in [3.05, 3.63) is 59.2 Å². The highest BCUT2D eigenvalue weighted by molar-refractivity contribution is 5.94. The van der Waals surface area contributed by atoms with Crippen LogP contribution in [0.15, 0.2) is 42.5 Å². The normalized spacial score (nSPS) is 10.0. The third-order valence-electron chi connectivity index (χ3n) is 3.85. The maximum atomic E-state index is 11.8. The number of esters is 2. The van der Waals surface area contributed by atoms with Gasteiger partial charge in [0, 0.05) is 5.69 Å². The second-order valence-corrected chi connectivity index (χ2v) is 5.76. The van der Waals surface area contributed by atoms with Crippen LogP contribution in [0.4, 0.5) is 5.69 Å². The fraction of sp³-hybridized carbons (Fsp3) is 0.250. The van der Waals surface area contributed by atoms with Crippen molar-refractivity contribution in [3.63, 3.8) is 0 Å². The largest absolute Gasteiger partial charge is 0.482 e. The number of aryl methyl sites for hydroxylation is 1. The summed E-state index contributed by atoms with van der Waals surface area (Å²) in [7, 11) is 1.29. The van der Waals surface area contributed by atoms with Gasteiger partial charge in [-0.05, 0) is 55.3 Å². The van der Waals surface area contributed by atoms with Gasteiger partial charge in [0.1, 0.15) is 5.75 Å². The molecule has 0 radical (unpaired) electrons. The number of amides is 1. The SMILES string of the molecule is COC(=O)c1ccc(NC(=O)COC(=O)COc2cccc(C)c2C)cc1. The lowest BCUT2D eigenvalue weighted by Crippen LogP contribution is -2.23. The van der Waals surface area contributed by atoms with Crippen LogP contribution in [0, 0.1) is 13.8 Å². The van der Waals surface area contributed by atoms with E-state index in [1.54, 1.807) is 18.2 Å². The van der Waals surface area contributed by atoms with E-state index in [9.17, 15) is 14.4 Å². The molecule has 0 atom stereocenters. The Bertz CT molecular complexity index is 829. The van der Waals surface area contributed by atoms with Crippen molar-refractivity contribution in [2.45, 2.75) is 13.8 Å². The number of hydrogen-bond acceptors (Lipinski definition) is 6. The van der Waals surface area contributed by atoms with Crippen LogP contribution in [0.25, 0.3) is 0 Å². The Morgan fingerprint density at radius 3 is 2.33 bits per heavy atom. The van der Waals surface area contributed by atoms with Crippen molar-refractivity contribution >= 4 is 23.5 Å². The van der Waals surface area contributed by atoms with Crippen LogP contribution in [-0.4, -0.2) is 38.2 Å². The maximum Gasteiger partial charge on any atom is 0.344 e. The number of carbonyl (C=O) groups is 3. The lowest BCUT2D eigenvalue weighted by molar-refractivity contribution is -0.149. The predicted octanol–water partition coefficient (Wildman–Crippen LogP) is 2.65. The fourth-order valence-electron chi connectivity index (χ4n) is 2.21. The van der Waals surface area contributed by atoms with Gasteiger partial charge in [0.15, 0.2) is 13.2 Å². The number of methoxy groups -OCH3 is 1. The number of carbonyl (C=O) groups excluding carboxylic acids is 3. The van der Waals surface area contributed by atoms with Crippen molar-refractivity contribution < 1.29 is 28.6 Å². The van der Waals surface area contributed by atoms with Crippen LogP contribution in [0.2, 0.25) is 0 Å². The molecule has 7 nitrogen and oxygen atoms in total. The summed E-state index contributed by atoms with van der Waals surface area (Å²) >= 11 is 0. The zero-order valence-corrected chi connectivity index (χ0v) is 15.4. The van der Waals surface area contributed by atoms with Crippen molar-refractivity contribution in [1.29, 1.82) is 0 Å². The first-order valence-corrected chi connectivity index (χ1v) is 8.23. The molecule has 2 aromatic rings. The predicted molar refractivity (Wildman–Crippen MR) is 98.8 cm³/mol. The van der Waals surface area contributed by atoms with Crippen LogP contribution in [-0.2, 0) is 19.1 Å². The molecule has 0 saturated carbocycles. The van der Waals surface area contributed by atoms with Crippen molar-refractivity contribution in [1.82, 2.24) is 0 Å². The summed E-state index contributed by atoms with van der Waals surface area (Å²) < 4.78 is 14.9. The highest BCUT2D eigenvalue weighted by Gasteiger charge is 2.11. The minimum absolute atomic E-state index is 0.286. The number of anilines is 1. The van der Waals surface area contributed by atoms with E-state index in [4.69, 9.17) is 9.47 Å². The summed E-state index contributed by atoms with van der Waals surface area (Å²) in [5.41, 5.74) is 2.83. The third-order valence-corrected chi connectivity index (χ3v) is 3.85. The lowest BCUT2D eigenvalue weighted by Gasteiger charge is -2.11. The molecule has 7 heteroatoms. The highest BCUT2D eigenvalue weighted by atomic mass is 16.6. The van der Waals surface area contributed by atoms with Gasteiger partial charge in [0.05, 0.1) is 12.7 Å². The molecular weight excluding hydrogens is 350 g/mol.